The number of nitrogens with zero attached hydrogens (tertiary/aromatic N) is 1. The normalized spacial score (nSPS) is 10.9. The van der Waals surface area contributed by atoms with Crippen LogP contribution in [0.1, 0.15) is 0 Å². The van der Waals surface area contributed by atoms with Gasteiger partial charge in [0.15, 0.2) is 0 Å². The third-order valence-corrected chi connectivity index (χ3v) is 3.77. The summed E-state index contributed by atoms with van der Waals surface area (Å²) in [4.78, 5) is 7.85. The Labute approximate surface area is 123 Å². The summed E-state index contributed by atoms with van der Waals surface area (Å²) in [6, 6.07) is 11.4. The van der Waals surface area contributed by atoms with Crippen LogP contribution in [0.25, 0.3) is 22.4 Å². The fraction of sp³-hybridized carbons (Fsp3) is 0.0714. The second kappa shape index (κ2) is 4.87. The Morgan fingerprint density at radius 3 is 2.79 bits per heavy atom. The lowest BCUT2D eigenvalue weighted by molar-refractivity contribution is 0.415. The lowest BCUT2D eigenvalue weighted by Crippen LogP contribution is -1.82. The number of aromatic amines is 1. The molecule has 96 valence electrons. The lowest BCUT2D eigenvalue weighted by Gasteiger charge is -2.00. The number of imidazole rings is 1. The molecule has 0 saturated heterocycles. The summed E-state index contributed by atoms with van der Waals surface area (Å²) in [5, 5.41) is 0.688. The van der Waals surface area contributed by atoms with Gasteiger partial charge in [0.2, 0.25) is 0 Å². The molecule has 19 heavy (non-hydrogen) atoms. The number of halogens is 2. The van der Waals surface area contributed by atoms with Crippen molar-refractivity contribution < 1.29 is 4.74 Å². The molecule has 0 aliphatic carbocycles. The molecule has 1 aromatic heterocycles. The second-order valence-electron chi connectivity index (χ2n) is 4.09. The Kier molecular flexibility index (Phi) is 3.21. The first-order valence-corrected chi connectivity index (χ1v) is 6.83. The van der Waals surface area contributed by atoms with Crippen LogP contribution < -0.4 is 4.74 Å². The van der Waals surface area contributed by atoms with Crippen molar-refractivity contribution in [1.29, 1.82) is 0 Å². The first kappa shape index (κ1) is 12.5. The summed E-state index contributed by atoms with van der Waals surface area (Å²) in [6.45, 7) is 0. The molecule has 0 amide bonds. The minimum absolute atomic E-state index is 0.688. The van der Waals surface area contributed by atoms with Gasteiger partial charge in [-0.05, 0) is 46.3 Å². The first-order valence-electron chi connectivity index (χ1n) is 5.66. The van der Waals surface area contributed by atoms with Gasteiger partial charge >= 0.3 is 0 Å². The van der Waals surface area contributed by atoms with Crippen LogP contribution in [0.5, 0.6) is 5.75 Å². The van der Waals surface area contributed by atoms with Crippen LogP contribution in [0.3, 0.4) is 0 Å². The zero-order valence-corrected chi connectivity index (χ0v) is 12.4. The van der Waals surface area contributed by atoms with Crippen molar-refractivity contribution in [3.8, 4) is 17.1 Å². The topological polar surface area (TPSA) is 37.9 Å². The van der Waals surface area contributed by atoms with Crippen molar-refractivity contribution in [1.82, 2.24) is 9.97 Å². The Morgan fingerprint density at radius 2 is 2.05 bits per heavy atom. The first-order chi connectivity index (χ1) is 9.17. The van der Waals surface area contributed by atoms with E-state index >= 15 is 0 Å². The molecule has 0 unspecified atom stereocenters. The van der Waals surface area contributed by atoms with E-state index in [9.17, 15) is 0 Å². The number of aromatic nitrogens is 2. The Morgan fingerprint density at radius 1 is 1.21 bits per heavy atom. The van der Waals surface area contributed by atoms with Gasteiger partial charge in [-0.25, -0.2) is 4.98 Å². The molecule has 5 heteroatoms. The maximum absolute atomic E-state index is 5.95. The molecule has 0 atom stereocenters. The molecule has 0 saturated carbocycles. The van der Waals surface area contributed by atoms with Crippen molar-refractivity contribution >= 4 is 38.6 Å². The molecule has 3 nitrogen and oxygen atoms in total. The van der Waals surface area contributed by atoms with Gasteiger partial charge in [-0.15, -0.1) is 0 Å². The Hall–Kier alpha value is -1.52. The van der Waals surface area contributed by atoms with E-state index in [-0.39, 0.29) is 0 Å². The van der Waals surface area contributed by atoms with Crippen LogP contribution in [-0.2, 0) is 0 Å². The largest absolute Gasteiger partial charge is 0.497 e. The number of benzene rings is 2. The summed E-state index contributed by atoms with van der Waals surface area (Å²) >= 11 is 9.45. The number of nitrogens with one attached hydrogen (secondary N) is 1. The van der Waals surface area contributed by atoms with Gasteiger partial charge in [0, 0.05) is 21.1 Å². The minimum Gasteiger partial charge on any atom is -0.497 e. The summed E-state index contributed by atoms with van der Waals surface area (Å²) < 4.78 is 6.11. The molecule has 0 aliphatic heterocycles. The van der Waals surface area contributed by atoms with E-state index in [2.05, 4.69) is 25.9 Å². The number of hydrogen-bond acceptors (Lipinski definition) is 2. The number of hydrogen-bond donors (Lipinski definition) is 1. The van der Waals surface area contributed by atoms with Gasteiger partial charge in [0.25, 0.3) is 0 Å². The summed E-state index contributed by atoms with van der Waals surface area (Å²) in [6.07, 6.45) is 0. The molecule has 0 bridgehead atoms. The number of methoxy groups -OCH3 is 1. The van der Waals surface area contributed by atoms with Crippen LogP contribution in [0.15, 0.2) is 40.9 Å². The minimum atomic E-state index is 0.688. The molecule has 1 N–H and O–H groups in total. The van der Waals surface area contributed by atoms with Crippen molar-refractivity contribution in [2.45, 2.75) is 0 Å². The van der Waals surface area contributed by atoms with Crippen LogP contribution in [0.2, 0.25) is 5.02 Å². The number of H-pyrrole nitrogens is 1. The SMILES string of the molecule is COc1ccc2nc(-c3ccc(Cl)cc3Br)[nH]c2c1. The van der Waals surface area contributed by atoms with Crippen molar-refractivity contribution in [2.75, 3.05) is 7.11 Å². The molecule has 0 fully saturated rings. The number of ether oxygens (including phenoxy) is 1. The Bertz CT molecular complexity index is 754. The molecule has 0 aliphatic rings. The van der Waals surface area contributed by atoms with Crippen LogP contribution in [-0.4, -0.2) is 17.1 Å². The van der Waals surface area contributed by atoms with Crippen molar-refractivity contribution in [3.05, 3.63) is 45.9 Å². The van der Waals surface area contributed by atoms with Gasteiger partial charge in [-0.3, -0.25) is 0 Å². The average Bonchev–Trinajstić information content (AvgIpc) is 2.80. The maximum atomic E-state index is 5.95. The molecule has 0 spiro atoms. The number of rotatable bonds is 2. The van der Waals surface area contributed by atoms with Crippen LogP contribution in [0.4, 0.5) is 0 Å². The van der Waals surface area contributed by atoms with Crippen LogP contribution >= 0.6 is 27.5 Å². The highest BCUT2D eigenvalue weighted by molar-refractivity contribution is 9.10. The molecule has 0 radical (unpaired) electrons. The van der Waals surface area contributed by atoms with Gasteiger partial charge < -0.3 is 9.72 Å². The van der Waals surface area contributed by atoms with E-state index in [4.69, 9.17) is 16.3 Å². The molecule has 3 aromatic rings. The lowest BCUT2D eigenvalue weighted by atomic mass is 10.2. The fourth-order valence-electron chi connectivity index (χ4n) is 1.92. The molecule has 1 heterocycles. The van der Waals surface area contributed by atoms with E-state index in [1.54, 1.807) is 7.11 Å². The maximum Gasteiger partial charge on any atom is 0.139 e. The highest BCUT2D eigenvalue weighted by Gasteiger charge is 2.09. The average molecular weight is 338 g/mol. The van der Waals surface area contributed by atoms with E-state index in [0.29, 0.717) is 5.02 Å². The zero-order chi connectivity index (χ0) is 13.4. The third kappa shape index (κ3) is 2.33. The van der Waals surface area contributed by atoms with Crippen LogP contribution in [0, 0.1) is 0 Å². The molecule has 3 rings (SSSR count). The van der Waals surface area contributed by atoms with E-state index in [0.717, 1.165) is 32.6 Å². The van der Waals surface area contributed by atoms with Gasteiger partial charge in [-0.1, -0.05) is 11.6 Å². The van der Waals surface area contributed by atoms with Crippen molar-refractivity contribution in [2.24, 2.45) is 0 Å². The molecular formula is C14H10BrClN2O. The van der Waals surface area contributed by atoms with Gasteiger partial charge in [0.05, 0.1) is 18.1 Å². The highest BCUT2D eigenvalue weighted by Crippen LogP contribution is 2.30. The quantitative estimate of drug-likeness (QED) is 0.739. The van der Waals surface area contributed by atoms with Gasteiger partial charge in [-0.2, -0.15) is 0 Å². The summed E-state index contributed by atoms with van der Waals surface area (Å²) in [5.74, 6) is 1.60. The number of fused-ring (bicyclic) bond motifs is 1. The third-order valence-electron chi connectivity index (χ3n) is 2.88. The van der Waals surface area contributed by atoms with E-state index < -0.39 is 0 Å². The standard InChI is InChI=1S/C14H10BrClN2O/c1-19-9-3-5-12-13(7-9)18-14(17-12)10-4-2-8(16)6-11(10)15/h2-7H,1H3,(H,17,18). The monoisotopic (exact) mass is 336 g/mol. The van der Waals surface area contributed by atoms with Crippen molar-refractivity contribution in [3.63, 3.8) is 0 Å². The fourth-order valence-corrected chi connectivity index (χ4v) is 2.80. The molecule has 2 aromatic carbocycles. The summed E-state index contributed by atoms with van der Waals surface area (Å²) in [5.41, 5.74) is 2.81. The molecular weight excluding hydrogens is 328 g/mol. The van der Waals surface area contributed by atoms with E-state index in [1.165, 1.54) is 0 Å². The van der Waals surface area contributed by atoms with E-state index in [1.807, 2.05) is 36.4 Å². The predicted octanol–water partition coefficient (Wildman–Crippen LogP) is 4.65. The summed E-state index contributed by atoms with van der Waals surface area (Å²) in [7, 11) is 1.65. The Balaban J connectivity index is 2.14. The zero-order valence-electron chi connectivity index (χ0n) is 10.1. The highest BCUT2D eigenvalue weighted by atomic mass is 79.9. The smallest absolute Gasteiger partial charge is 0.139 e. The second-order valence-corrected chi connectivity index (χ2v) is 5.38. The van der Waals surface area contributed by atoms with Gasteiger partial charge in [0.1, 0.15) is 11.6 Å². The predicted molar refractivity (Wildman–Crippen MR) is 80.8 cm³/mol.